The summed E-state index contributed by atoms with van der Waals surface area (Å²) in [7, 11) is 0. The van der Waals surface area contributed by atoms with E-state index in [9.17, 15) is 14.3 Å². The number of cyclic esters (lactones) is 1. The summed E-state index contributed by atoms with van der Waals surface area (Å²) < 4.78 is 19.1. The zero-order chi connectivity index (χ0) is 23.4. The molecule has 1 N–H and O–H groups in total. The molecular weight excluding hydrogens is 417 g/mol. The molecule has 1 aliphatic heterocycles. The average molecular weight is 446 g/mol. The molecule has 1 aromatic heterocycles. The monoisotopic (exact) mass is 445 g/mol. The number of rotatable bonds is 6. The normalized spacial score (nSPS) is 19.5. The van der Waals surface area contributed by atoms with Gasteiger partial charge in [0.25, 0.3) is 0 Å². The van der Waals surface area contributed by atoms with E-state index >= 15 is 0 Å². The molecule has 2 aromatic carbocycles. The van der Waals surface area contributed by atoms with Crippen molar-refractivity contribution < 1.29 is 19.0 Å². The van der Waals surface area contributed by atoms with E-state index in [4.69, 9.17) is 9.72 Å². The van der Waals surface area contributed by atoms with Crippen molar-refractivity contribution in [2.45, 2.75) is 51.2 Å². The van der Waals surface area contributed by atoms with E-state index in [0.29, 0.717) is 6.42 Å². The number of carbonyl (C=O) groups excluding carboxylic acids is 1. The molecule has 170 valence electrons. The number of esters is 1. The number of ether oxygens (including phenoxy) is 1. The van der Waals surface area contributed by atoms with Crippen molar-refractivity contribution in [3.05, 3.63) is 83.8 Å². The van der Waals surface area contributed by atoms with Crippen molar-refractivity contribution >= 4 is 12.0 Å². The maximum absolute atomic E-state index is 13.7. The third-order valence-corrected chi connectivity index (χ3v) is 6.06. The predicted molar refractivity (Wildman–Crippen MR) is 128 cm³/mol. The number of pyridine rings is 1. The highest BCUT2D eigenvalue weighted by atomic mass is 19.1. The molecule has 1 fully saturated rings. The second-order valence-corrected chi connectivity index (χ2v) is 8.52. The maximum atomic E-state index is 13.7. The van der Waals surface area contributed by atoms with Gasteiger partial charge in [-0.15, -0.1) is 0 Å². The number of benzene rings is 2. The highest BCUT2D eigenvalue weighted by Crippen LogP contribution is 2.35. The SMILES string of the molecule is CC[C@@H](C)c1nc(-c2ccccc2)cc(-c2ccc(F)cc2)c1C=C[C@@H]1C[C@@H](O)CC(=O)O1. The fourth-order valence-electron chi connectivity index (χ4n) is 4.07. The molecule has 2 heterocycles. The Kier molecular flexibility index (Phi) is 6.99. The van der Waals surface area contributed by atoms with E-state index < -0.39 is 18.2 Å². The highest BCUT2D eigenvalue weighted by molar-refractivity contribution is 5.81. The predicted octanol–water partition coefficient (Wildman–Crippen LogP) is 6.15. The lowest BCUT2D eigenvalue weighted by Gasteiger charge is -2.24. The van der Waals surface area contributed by atoms with Crippen LogP contribution in [0.5, 0.6) is 0 Å². The highest BCUT2D eigenvalue weighted by Gasteiger charge is 2.26. The lowest BCUT2D eigenvalue weighted by molar-refractivity contribution is -0.156. The fraction of sp³-hybridized carbons (Fsp3) is 0.286. The molecule has 0 saturated carbocycles. The molecule has 3 aromatic rings. The van der Waals surface area contributed by atoms with E-state index in [1.54, 1.807) is 12.1 Å². The number of aromatic nitrogens is 1. The van der Waals surface area contributed by atoms with Crippen LogP contribution in [0.3, 0.4) is 0 Å². The van der Waals surface area contributed by atoms with Crippen molar-refractivity contribution in [2.24, 2.45) is 0 Å². The Bertz CT molecular complexity index is 1140. The van der Waals surface area contributed by atoms with Crippen LogP contribution in [-0.2, 0) is 9.53 Å². The molecule has 1 saturated heterocycles. The quantitative estimate of drug-likeness (QED) is 0.463. The van der Waals surface area contributed by atoms with E-state index in [2.05, 4.69) is 13.8 Å². The minimum Gasteiger partial charge on any atom is -0.458 e. The summed E-state index contributed by atoms with van der Waals surface area (Å²) in [4.78, 5) is 16.8. The molecule has 0 unspecified atom stereocenters. The van der Waals surface area contributed by atoms with E-state index in [-0.39, 0.29) is 18.2 Å². The molecule has 0 spiro atoms. The minimum absolute atomic E-state index is 0.0244. The summed E-state index contributed by atoms with van der Waals surface area (Å²) >= 11 is 0. The first-order valence-electron chi connectivity index (χ1n) is 11.4. The minimum atomic E-state index is -0.704. The van der Waals surface area contributed by atoms with E-state index in [1.807, 2.05) is 48.6 Å². The molecule has 0 bridgehead atoms. The van der Waals surface area contributed by atoms with Gasteiger partial charge in [0.1, 0.15) is 11.9 Å². The molecule has 4 nitrogen and oxygen atoms in total. The third kappa shape index (κ3) is 5.37. The van der Waals surface area contributed by atoms with Crippen LogP contribution < -0.4 is 0 Å². The zero-order valence-electron chi connectivity index (χ0n) is 18.9. The van der Waals surface area contributed by atoms with E-state index in [1.165, 1.54) is 12.1 Å². The van der Waals surface area contributed by atoms with Gasteiger partial charge in [-0.05, 0) is 47.7 Å². The Balaban J connectivity index is 1.87. The lowest BCUT2D eigenvalue weighted by atomic mass is 9.90. The summed E-state index contributed by atoms with van der Waals surface area (Å²) in [6.07, 6.45) is 3.83. The van der Waals surface area contributed by atoms with Gasteiger partial charge in [0.15, 0.2) is 0 Å². The fourth-order valence-corrected chi connectivity index (χ4v) is 4.07. The van der Waals surface area contributed by atoms with Gasteiger partial charge in [-0.3, -0.25) is 9.78 Å². The first-order chi connectivity index (χ1) is 15.9. The van der Waals surface area contributed by atoms with Crippen LogP contribution in [-0.4, -0.2) is 28.3 Å². The van der Waals surface area contributed by atoms with Gasteiger partial charge in [0.2, 0.25) is 0 Å². The second-order valence-electron chi connectivity index (χ2n) is 8.52. The number of nitrogens with zero attached hydrogens (tertiary/aromatic N) is 1. The molecule has 33 heavy (non-hydrogen) atoms. The largest absolute Gasteiger partial charge is 0.458 e. The van der Waals surface area contributed by atoms with Crippen molar-refractivity contribution in [1.29, 1.82) is 0 Å². The van der Waals surface area contributed by atoms with Gasteiger partial charge in [-0.25, -0.2) is 4.39 Å². The van der Waals surface area contributed by atoms with Crippen LogP contribution in [0.15, 0.2) is 66.7 Å². The Hall–Kier alpha value is -3.31. The van der Waals surface area contributed by atoms with Gasteiger partial charge in [0.05, 0.1) is 23.9 Å². The summed E-state index contributed by atoms with van der Waals surface area (Å²) in [5.41, 5.74) is 5.50. The molecule has 0 amide bonds. The second kappa shape index (κ2) is 10.1. The average Bonchev–Trinajstić information content (AvgIpc) is 2.82. The summed E-state index contributed by atoms with van der Waals surface area (Å²) in [5, 5.41) is 9.97. The van der Waals surface area contributed by atoms with Gasteiger partial charge < -0.3 is 9.84 Å². The first kappa shape index (κ1) is 22.9. The van der Waals surface area contributed by atoms with Crippen molar-refractivity contribution in [3.8, 4) is 22.4 Å². The molecule has 0 radical (unpaired) electrons. The summed E-state index contributed by atoms with van der Waals surface area (Å²) in [6.45, 7) is 4.25. The molecule has 4 rings (SSSR count). The maximum Gasteiger partial charge on any atom is 0.309 e. The summed E-state index contributed by atoms with van der Waals surface area (Å²) in [5.74, 6) is -0.521. The Labute approximate surface area is 193 Å². The van der Waals surface area contributed by atoms with Crippen LogP contribution >= 0.6 is 0 Å². The number of hydrogen-bond donors (Lipinski definition) is 1. The Morgan fingerprint density at radius 1 is 1.15 bits per heavy atom. The number of aliphatic hydroxyl groups excluding tert-OH is 1. The number of carbonyl (C=O) groups is 1. The first-order valence-corrected chi connectivity index (χ1v) is 11.4. The molecule has 3 atom stereocenters. The van der Waals surface area contributed by atoms with Gasteiger partial charge >= 0.3 is 5.97 Å². The van der Waals surface area contributed by atoms with Crippen molar-refractivity contribution in [2.75, 3.05) is 0 Å². The van der Waals surface area contributed by atoms with Gasteiger partial charge in [-0.2, -0.15) is 0 Å². The van der Waals surface area contributed by atoms with Crippen LogP contribution in [0.4, 0.5) is 4.39 Å². The standard InChI is InChI=1S/C28H28FNO3/c1-3-18(2)28-24(14-13-23-15-22(31)16-27(32)33-23)25(19-9-11-21(29)12-10-19)17-26(30-28)20-7-5-4-6-8-20/h4-14,17-18,22-23,31H,3,15-16H2,1-2H3/t18-,22-,23-/m1/s1. The Morgan fingerprint density at radius 2 is 1.88 bits per heavy atom. The van der Waals surface area contributed by atoms with Crippen LogP contribution in [0.2, 0.25) is 0 Å². The zero-order valence-corrected chi connectivity index (χ0v) is 18.9. The molecule has 1 aliphatic rings. The number of halogens is 1. The van der Waals surface area contributed by atoms with Gasteiger partial charge in [0, 0.05) is 17.5 Å². The third-order valence-electron chi connectivity index (χ3n) is 6.06. The topological polar surface area (TPSA) is 59.4 Å². The smallest absolute Gasteiger partial charge is 0.309 e. The number of hydrogen-bond acceptors (Lipinski definition) is 4. The van der Waals surface area contributed by atoms with Crippen LogP contribution in [0.1, 0.15) is 50.3 Å². The van der Waals surface area contributed by atoms with Crippen LogP contribution in [0.25, 0.3) is 28.5 Å². The van der Waals surface area contributed by atoms with E-state index in [0.717, 1.165) is 40.1 Å². The van der Waals surface area contributed by atoms with Gasteiger partial charge in [-0.1, -0.05) is 62.4 Å². The van der Waals surface area contributed by atoms with Crippen molar-refractivity contribution in [3.63, 3.8) is 0 Å². The number of aliphatic hydroxyl groups is 1. The molecule has 5 heteroatoms. The lowest BCUT2D eigenvalue weighted by Crippen LogP contribution is -2.31. The van der Waals surface area contributed by atoms with Crippen LogP contribution in [0, 0.1) is 5.82 Å². The molecule has 0 aliphatic carbocycles. The Morgan fingerprint density at radius 3 is 2.55 bits per heavy atom. The molecular formula is C28H28FNO3. The summed E-state index contributed by atoms with van der Waals surface area (Å²) in [6, 6.07) is 18.4. The van der Waals surface area contributed by atoms with Crippen molar-refractivity contribution in [1.82, 2.24) is 4.98 Å².